The number of alkyl halides is 1. The number of hydrogen-bond donors (Lipinski definition) is 0. The molecule has 1 aromatic rings. The van der Waals surface area contributed by atoms with Gasteiger partial charge in [-0.25, -0.2) is 0 Å². The maximum Gasteiger partial charge on any atom is 0.0765 e. The van der Waals surface area contributed by atoms with E-state index < -0.39 is 0 Å². The molecule has 0 aromatic carbocycles. The van der Waals surface area contributed by atoms with E-state index >= 15 is 0 Å². The molecular weight excluding hydrogens is 200 g/mol. The molecule has 2 aliphatic carbocycles. The van der Waals surface area contributed by atoms with E-state index in [4.69, 9.17) is 11.6 Å². The van der Waals surface area contributed by atoms with Crippen molar-refractivity contribution in [1.82, 2.24) is 0 Å². The molecular formula is C11H13ClS. The summed E-state index contributed by atoms with van der Waals surface area (Å²) in [7, 11) is 0. The van der Waals surface area contributed by atoms with Gasteiger partial charge in [0.2, 0.25) is 0 Å². The van der Waals surface area contributed by atoms with E-state index in [9.17, 15) is 0 Å². The minimum Gasteiger partial charge on any atom is -0.152 e. The van der Waals surface area contributed by atoms with Crippen LogP contribution in [0.5, 0.6) is 0 Å². The highest BCUT2D eigenvalue weighted by atomic mass is 35.5. The van der Waals surface area contributed by atoms with Crippen LogP contribution in [0.1, 0.15) is 31.2 Å². The van der Waals surface area contributed by atoms with Gasteiger partial charge in [-0.05, 0) is 47.1 Å². The van der Waals surface area contributed by atoms with Gasteiger partial charge < -0.3 is 0 Å². The summed E-state index contributed by atoms with van der Waals surface area (Å²) < 4.78 is 0. The highest BCUT2D eigenvalue weighted by Gasteiger charge is 2.64. The summed E-state index contributed by atoms with van der Waals surface area (Å²) in [4.78, 5) is 0.0521. The molecule has 2 saturated carbocycles. The van der Waals surface area contributed by atoms with Crippen molar-refractivity contribution in [3.05, 3.63) is 22.4 Å². The Balaban J connectivity index is 1.92. The van der Waals surface area contributed by atoms with Crippen LogP contribution in [0.4, 0.5) is 0 Å². The number of hydrogen-bond acceptors (Lipinski definition) is 1. The monoisotopic (exact) mass is 212 g/mol. The van der Waals surface area contributed by atoms with Crippen molar-refractivity contribution >= 4 is 22.9 Å². The zero-order valence-corrected chi connectivity index (χ0v) is 9.07. The maximum atomic E-state index is 6.69. The quantitative estimate of drug-likeness (QED) is 0.618. The molecule has 0 aliphatic heterocycles. The van der Waals surface area contributed by atoms with Crippen molar-refractivity contribution in [3.8, 4) is 0 Å². The van der Waals surface area contributed by atoms with Crippen molar-refractivity contribution in [1.29, 1.82) is 0 Å². The third-order valence-corrected chi connectivity index (χ3v) is 5.16. The Morgan fingerprint density at radius 2 is 2.00 bits per heavy atom. The summed E-state index contributed by atoms with van der Waals surface area (Å²) in [5.41, 5.74) is 1.39. The third kappa shape index (κ3) is 1.04. The topological polar surface area (TPSA) is 0 Å². The van der Waals surface area contributed by atoms with Crippen LogP contribution in [0.3, 0.4) is 0 Å². The van der Waals surface area contributed by atoms with Crippen molar-refractivity contribution in [2.24, 2.45) is 11.8 Å². The Bertz CT molecular complexity index is 292. The van der Waals surface area contributed by atoms with Gasteiger partial charge in [-0.15, -0.1) is 11.6 Å². The molecule has 2 atom stereocenters. The van der Waals surface area contributed by atoms with Crippen molar-refractivity contribution in [3.63, 3.8) is 0 Å². The van der Waals surface area contributed by atoms with E-state index in [0.717, 1.165) is 11.8 Å². The molecule has 0 N–H and O–H groups in total. The predicted octanol–water partition coefficient (Wildman–Crippen LogP) is 4.00. The van der Waals surface area contributed by atoms with E-state index in [2.05, 4.69) is 16.8 Å². The van der Waals surface area contributed by atoms with Crippen LogP contribution in [0.15, 0.2) is 16.8 Å². The van der Waals surface area contributed by atoms with Crippen LogP contribution >= 0.6 is 22.9 Å². The first-order valence-corrected chi connectivity index (χ1v) is 6.37. The zero-order chi connectivity index (χ0) is 8.89. The summed E-state index contributed by atoms with van der Waals surface area (Å²) in [5.74, 6) is 1.58. The fourth-order valence-corrected chi connectivity index (χ4v) is 4.33. The van der Waals surface area contributed by atoms with Gasteiger partial charge in [0.1, 0.15) is 0 Å². The maximum absolute atomic E-state index is 6.69. The Labute approximate surface area is 87.9 Å². The van der Waals surface area contributed by atoms with Gasteiger partial charge in [0.15, 0.2) is 0 Å². The van der Waals surface area contributed by atoms with Gasteiger partial charge in [-0.2, -0.15) is 11.3 Å². The Kier molecular flexibility index (Phi) is 1.75. The smallest absolute Gasteiger partial charge is 0.0765 e. The van der Waals surface area contributed by atoms with E-state index in [1.54, 1.807) is 11.3 Å². The standard InChI is InChI=1S/C11H13ClS/c12-11(8-5-6-13-7-8)9-3-1-2-4-10(9)11/h5-7,9-10H,1-4H2. The lowest BCUT2D eigenvalue weighted by Crippen LogP contribution is -1.99. The fraction of sp³-hybridized carbons (Fsp3) is 0.636. The molecule has 2 fully saturated rings. The van der Waals surface area contributed by atoms with Gasteiger partial charge in [0.05, 0.1) is 4.87 Å². The molecule has 1 heterocycles. The van der Waals surface area contributed by atoms with Gasteiger partial charge in [-0.1, -0.05) is 12.8 Å². The van der Waals surface area contributed by atoms with Crippen LogP contribution in [0, 0.1) is 11.8 Å². The average molecular weight is 213 g/mol. The second-order valence-electron chi connectivity index (χ2n) is 4.28. The Hall–Kier alpha value is -0.0100. The Morgan fingerprint density at radius 1 is 1.31 bits per heavy atom. The number of thiophene rings is 1. The molecule has 0 radical (unpaired) electrons. The largest absolute Gasteiger partial charge is 0.152 e. The first kappa shape index (κ1) is 8.31. The highest BCUT2D eigenvalue weighted by Crippen LogP contribution is 2.68. The molecule has 2 aliphatic rings. The molecule has 0 bridgehead atoms. The summed E-state index contributed by atoms with van der Waals surface area (Å²) in [6.07, 6.45) is 5.48. The van der Waals surface area contributed by atoms with Crippen LogP contribution in [0.25, 0.3) is 0 Å². The van der Waals surface area contributed by atoms with E-state index in [1.807, 2.05) is 0 Å². The molecule has 13 heavy (non-hydrogen) atoms. The molecule has 0 nitrogen and oxygen atoms in total. The lowest BCUT2D eigenvalue weighted by Gasteiger charge is -2.04. The third-order valence-electron chi connectivity index (χ3n) is 3.70. The number of rotatable bonds is 1. The SMILES string of the molecule is ClC1(c2ccsc2)C2CCCCC21. The highest BCUT2D eigenvalue weighted by molar-refractivity contribution is 7.08. The summed E-state index contributed by atoms with van der Waals surface area (Å²) in [6.45, 7) is 0. The van der Waals surface area contributed by atoms with Gasteiger partial charge in [-0.3, -0.25) is 0 Å². The normalized spacial score (nSPS) is 42.8. The first-order chi connectivity index (χ1) is 6.33. The number of halogens is 1. The number of fused-ring (bicyclic) bond motifs is 1. The molecule has 0 saturated heterocycles. The van der Waals surface area contributed by atoms with Crippen molar-refractivity contribution in [2.45, 2.75) is 30.6 Å². The molecule has 0 amide bonds. The molecule has 2 heteroatoms. The van der Waals surface area contributed by atoms with Gasteiger partial charge >= 0.3 is 0 Å². The Morgan fingerprint density at radius 3 is 2.54 bits per heavy atom. The van der Waals surface area contributed by atoms with Crippen LogP contribution in [0.2, 0.25) is 0 Å². The zero-order valence-electron chi connectivity index (χ0n) is 7.50. The molecule has 0 spiro atoms. The van der Waals surface area contributed by atoms with E-state index in [0.29, 0.717) is 0 Å². The summed E-state index contributed by atoms with van der Waals surface area (Å²) in [5, 5.41) is 4.37. The molecule has 70 valence electrons. The van der Waals surface area contributed by atoms with E-state index in [1.165, 1.54) is 31.2 Å². The van der Waals surface area contributed by atoms with Gasteiger partial charge in [0, 0.05) is 0 Å². The fourth-order valence-electron chi connectivity index (χ4n) is 2.96. The summed E-state index contributed by atoms with van der Waals surface area (Å²) >= 11 is 8.46. The summed E-state index contributed by atoms with van der Waals surface area (Å²) in [6, 6.07) is 2.20. The minimum absolute atomic E-state index is 0.0521. The predicted molar refractivity (Wildman–Crippen MR) is 57.3 cm³/mol. The van der Waals surface area contributed by atoms with E-state index in [-0.39, 0.29) is 4.87 Å². The lowest BCUT2D eigenvalue weighted by molar-refractivity contribution is 0.480. The van der Waals surface area contributed by atoms with Crippen LogP contribution in [-0.2, 0) is 4.87 Å². The van der Waals surface area contributed by atoms with Gasteiger partial charge in [0.25, 0.3) is 0 Å². The van der Waals surface area contributed by atoms with Crippen molar-refractivity contribution < 1.29 is 0 Å². The van der Waals surface area contributed by atoms with Crippen LogP contribution in [-0.4, -0.2) is 0 Å². The molecule has 3 rings (SSSR count). The molecule has 2 unspecified atom stereocenters. The second kappa shape index (κ2) is 2.74. The molecule has 1 aromatic heterocycles. The van der Waals surface area contributed by atoms with Crippen LogP contribution < -0.4 is 0 Å². The van der Waals surface area contributed by atoms with Crippen molar-refractivity contribution in [2.75, 3.05) is 0 Å². The minimum atomic E-state index is 0.0521. The second-order valence-corrected chi connectivity index (χ2v) is 5.68. The first-order valence-electron chi connectivity index (χ1n) is 5.05. The average Bonchev–Trinajstić information content (AvgIpc) is 2.62. The lowest BCUT2D eigenvalue weighted by atomic mass is 10.0.